The smallest absolute Gasteiger partial charge is 0.230 e. The summed E-state index contributed by atoms with van der Waals surface area (Å²) in [6.45, 7) is 5.02. The molecule has 2 heterocycles. The van der Waals surface area contributed by atoms with E-state index in [-0.39, 0.29) is 23.5 Å². The van der Waals surface area contributed by atoms with Gasteiger partial charge in [0.1, 0.15) is 0 Å². The molecule has 2 fully saturated rings. The fourth-order valence-electron chi connectivity index (χ4n) is 3.08. The van der Waals surface area contributed by atoms with Crippen molar-refractivity contribution in [1.29, 1.82) is 0 Å². The Bertz CT molecular complexity index is 313. The molecule has 18 heavy (non-hydrogen) atoms. The molecular weight excluding hydrogens is 230 g/mol. The minimum absolute atomic E-state index is 0.153. The van der Waals surface area contributed by atoms with E-state index in [2.05, 4.69) is 10.2 Å². The number of amides is 1. The third-order valence-electron chi connectivity index (χ3n) is 4.11. The molecule has 104 valence electrons. The molecule has 0 bridgehead atoms. The number of aliphatic hydroxyl groups is 1. The van der Waals surface area contributed by atoms with Crippen LogP contribution < -0.4 is 5.32 Å². The lowest BCUT2D eigenvalue weighted by atomic mass is 9.88. The Balaban J connectivity index is 2.07. The highest BCUT2D eigenvalue weighted by Gasteiger charge is 2.44. The second-order valence-electron chi connectivity index (χ2n) is 6.25. The van der Waals surface area contributed by atoms with Crippen LogP contribution in [0.15, 0.2) is 0 Å². The second-order valence-corrected chi connectivity index (χ2v) is 6.25. The van der Waals surface area contributed by atoms with Gasteiger partial charge in [-0.3, -0.25) is 4.79 Å². The molecule has 5 nitrogen and oxygen atoms in total. The fourth-order valence-corrected chi connectivity index (χ4v) is 3.08. The van der Waals surface area contributed by atoms with Gasteiger partial charge in [0, 0.05) is 25.7 Å². The summed E-state index contributed by atoms with van der Waals surface area (Å²) in [7, 11) is 4.01. The van der Waals surface area contributed by atoms with Gasteiger partial charge in [-0.05, 0) is 40.4 Å². The van der Waals surface area contributed by atoms with Gasteiger partial charge in [0.25, 0.3) is 0 Å². The molecular formula is C13H25N3O2. The van der Waals surface area contributed by atoms with Crippen LogP contribution in [0.1, 0.15) is 19.8 Å². The highest BCUT2D eigenvalue weighted by Crippen LogP contribution is 2.31. The van der Waals surface area contributed by atoms with Crippen molar-refractivity contribution in [2.75, 3.05) is 40.3 Å². The van der Waals surface area contributed by atoms with Crippen LogP contribution in [0.25, 0.3) is 0 Å². The Morgan fingerprint density at radius 3 is 2.83 bits per heavy atom. The maximum Gasteiger partial charge on any atom is 0.230 e. The van der Waals surface area contributed by atoms with Crippen LogP contribution in [-0.2, 0) is 4.79 Å². The zero-order valence-electron chi connectivity index (χ0n) is 11.6. The predicted octanol–water partition coefficient (Wildman–Crippen LogP) is -0.491. The Labute approximate surface area is 109 Å². The maximum atomic E-state index is 12.7. The normalized spacial score (nSPS) is 36.6. The van der Waals surface area contributed by atoms with E-state index in [0.29, 0.717) is 13.0 Å². The van der Waals surface area contributed by atoms with Gasteiger partial charge in [-0.1, -0.05) is 0 Å². The van der Waals surface area contributed by atoms with E-state index in [9.17, 15) is 9.90 Å². The first kappa shape index (κ1) is 13.8. The predicted molar refractivity (Wildman–Crippen MR) is 70.3 cm³/mol. The topological polar surface area (TPSA) is 55.8 Å². The molecule has 5 heteroatoms. The van der Waals surface area contributed by atoms with Crippen LogP contribution in [0.3, 0.4) is 0 Å². The number of hydrogen-bond donors (Lipinski definition) is 2. The first-order chi connectivity index (χ1) is 8.42. The zero-order chi connectivity index (χ0) is 13.3. The second kappa shape index (κ2) is 5.15. The van der Waals surface area contributed by atoms with E-state index in [4.69, 9.17) is 0 Å². The van der Waals surface area contributed by atoms with Crippen molar-refractivity contribution in [3.8, 4) is 0 Å². The lowest BCUT2D eigenvalue weighted by molar-refractivity contribution is -0.141. The van der Waals surface area contributed by atoms with Crippen molar-refractivity contribution in [1.82, 2.24) is 15.1 Å². The van der Waals surface area contributed by atoms with E-state index in [0.717, 1.165) is 26.1 Å². The van der Waals surface area contributed by atoms with Crippen molar-refractivity contribution < 1.29 is 9.90 Å². The molecule has 0 saturated carbocycles. The molecule has 0 aromatic heterocycles. The molecule has 2 aliphatic rings. The minimum atomic E-state index is -0.364. The van der Waals surface area contributed by atoms with Gasteiger partial charge in [-0.25, -0.2) is 0 Å². The number of β-amino-alcohol motifs (C(OH)–C–C–N with tert-alkyl or cyclic N) is 1. The SMILES string of the molecule is CN(C)CC1CC(O)CN1C(=O)C1(C)CCNC1. The molecule has 2 rings (SSSR count). The van der Waals surface area contributed by atoms with Crippen LogP contribution >= 0.6 is 0 Å². The number of nitrogens with zero attached hydrogens (tertiary/aromatic N) is 2. The van der Waals surface area contributed by atoms with Crippen LogP contribution in [-0.4, -0.2) is 73.2 Å². The molecule has 3 atom stereocenters. The van der Waals surface area contributed by atoms with Crippen molar-refractivity contribution in [3.05, 3.63) is 0 Å². The summed E-state index contributed by atoms with van der Waals surface area (Å²) in [6, 6.07) is 0.153. The molecule has 0 aromatic carbocycles. The monoisotopic (exact) mass is 255 g/mol. The van der Waals surface area contributed by atoms with Crippen LogP contribution in [0.5, 0.6) is 0 Å². The Morgan fingerprint density at radius 1 is 1.56 bits per heavy atom. The van der Waals surface area contributed by atoms with E-state index in [1.165, 1.54) is 0 Å². The van der Waals surface area contributed by atoms with Crippen molar-refractivity contribution in [2.45, 2.75) is 31.9 Å². The number of rotatable bonds is 3. The van der Waals surface area contributed by atoms with Gasteiger partial charge in [0.15, 0.2) is 0 Å². The third-order valence-corrected chi connectivity index (χ3v) is 4.11. The maximum absolute atomic E-state index is 12.7. The molecule has 3 unspecified atom stereocenters. The van der Waals surface area contributed by atoms with E-state index in [1.54, 1.807) is 0 Å². The Morgan fingerprint density at radius 2 is 2.28 bits per heavy atom. The molecule has 2 N–H and O–H groups in total. The van der Waals surface area contributed by atoms with Gasteiger partial charge in [0.2, 0.25) is 5.91 Å². The fraction of sp³-hybridized carbons (Fsp3) is 0.923. The number of nitrogens with one attached hydrogen (secondary N) is 1. The third kappa shape index (κ3) is 2.68. The average Bonchev–Trinajstić information content (AvgIpc) is 2.85. The minimum Gasteiger partial charge on any atom is -0.391 e. The summed E-state index contributed by atoms with van der Waals surface area (Å²) < 4.78 is 0. The average molecular weight is 255 g/mol. The summed E-state index contributed by atoms with van der Waals surface area (Å²) in [6.07, 6.45) is 1.23. The first-order valence-electron chi connectivity index (χ1n) is 6.77. The van der Waals surface area contributed by atoms with Crippen molar-refractivity contribution in [3.63, 3.8) is 0 Å². The van der Waals surface area contributed by atoms with Crippen LogP contribution in [0.4, 0.5) is 0 Å². The molecule has 1 amide bonds. The lowest BCUT2D eigenvalue weighted by Crippen LogP contribution is -2.48. The zero-order valence-corrected chi connectivity index (χ0v) is 11.6. The number of likely N-dealkylation sites (tertiary alicyclic amines) is 1. The van der Waals surface area contributed by atoms with Gasteiger partial charge in [-0.2, -0.15) is 0 Å². The summed E-state index contributed by atoms with van der Waals surface area (Å²) >= 11 is 0. The molecule has 0 aromatic rings. The van der Waals surface area contributed by atoms with Crippen molar-refractivity contribution >= 4 is 5.91 Å². The summed E-state index contributed by atoms with van der Waals surface area (Å²) in [5.74, 6) is 0.205. The largest absolute Gasteiger partial charge is 0.391 e. The number of aliphatic hydroxyl groups excluding tert-OH is 1. The van der Waals surface area contributed by atoms with Gasteiger partial charge in [0.05, 0.1) is 11.5 Å². The van der Waals surface area contributed by atoms with E-state index < -0.39 is 0 Å². The molecule has 0 spiro atoms. The first-order valence-corrected chi connectivity index (χ1v) is 6.77. The van der Waals surface area contributed by atoms with Crippen LogP contribution in [0.2, 0.25) is 0 Å². The Kier molecular flexibility index (Phi) is 3.94. The number of carbonyl (C=O) groups is 1. The molecule has 0 aliphatic carbocycles. The highest BCUT2D eigenvalue weighted by molar-refractivity contribution is 5.83. The van der Waals surface area contributed by atoms with E-state index >= 15 is 0 Å². The standard InChI is InChI=1S/C13H25N3O2/c1-13(4-5-14-9-13)12(18)16-8-11(17)6-10(16)7-15(2)3/h10-11,14,17H,4-9H2,1-3H3. The van der Waals surface area contributed by atoms with Gasteiger partial charge in [-0.15, -0.1) is 0 Å². The number of likely N-dealkylation sites (N-methyl/N-ethyl adjacent to an activating group) is 1. The Hall–Kier alpha value is -0.650. The van der Waals surface area contributed by atoms with Gasteiger partial charge < -0.3 is 20.2 Å². The van der Waals surface area contributed by atoms with Crippen LogP contribution in [0, 0.1) is 5.41 Å². The summed E-state index contributed by atoms with van der Waals surface area (Å²) in [5, 5.41) is 13.1. The molecule has 0 radical (unpaired) electrons. The highest BCUT2D eigenvalue weighted by atomic mass is 16.3. The molecule has 2 saturated heterocycles. The summed E-state index contributed by atoms with van der Waals surface area (Å²) in [4.78, 5) is 16.6. The van der Waals surface area contributed by atoms with E-state index in [1.807, 2.05) is 25.9 Å². The van der Waals surface area contributed by atoms with Crippen molar-refractivity contribution in [2.24, 2.45) is 5.41 Å². The quantitative estimate of drug-likeness (QED) is 0.714. The number of hydrogen-bond acceptors (Lipinski definition) is 4. The number of carbonyl (C=O) groups excluding carboxylic acids is 1. The molecule has 2 aliphatic heterocycles. The summed E-state index contributed by atoms with van der Waals surface area (Å²) in [5.41, 5.74) is -0.283. The lowest BCUT2D eigenvalue weighted by Gasteiger charge is -2.33. The van der Waals surface area contributed by atoms with Gasteiger partial charge >= 0.3 is 0 Å².